The first-order valence-corrected chi connectivity index (χ1v) is 13.6. The van der Waals surface area contributed by atoms with Gasteiger partial charge >= 0.3 is 0 Å². The van der Waals surface area contributed by atoms with Gasteiger partial charge in [-0.05, 0) is 38.0 Å². The van der Waals surface area contributed by atoms with Crippen LogP contribution in [0.2, 0.25) is 15.1 Å². The summed E-state index contributed by atoms with van der Waals surface area (Å²) in [5, 5.41) is 3.13. The Morgan fingerprint density at radius 3 is 2.15 bits per heavy atom. The summed E-state index contributed by atoms with van der Waals surface area (Å²) in [6, 6.07) is 10.8. The van der Waals surface area contributed by atoms with Crippen LogP contribution in [-0.4, -0.2) is 50.0 Å². The summed E-state index contributed by atoms with van der Waals surface area (Å²) in [7, 11) is -3.94. The molecule has 34 heavy (non-hydrogen) atoms. The van der Waals surface area contributed by atoms with Gasteiger partial charge in [-0.3, -0.25) is 13.9 Å². The van der Waals surface area contributed by atoms with Crippen LogP contribution >= 0.6 is 34.8 Å². The van der Waals surface area contributed by atoms with E-state index in [9.17, 15) is 18.0 Å². The van der Waals surface area contributed by atoms with Crippen LogP contribution in [-0.2, 0) is 26.2 Å². The molecule has 11 heteroatoms. The molecule has 2 aromatic carbocycles. The first-order chi connectivity index (χ1) is 15.8. The van der Waals surface area contributed by atoms with Gasteiger partial charge in [-0.1, -0.05) is 72.1 Å². The first kappa shape index (κ1) is 28.2. The van der Waals surface area contributed by atoms with Gasteiger partial charge in [-0.15, -0.1) is 0 Å². The van der Waals surface area contributed by atoms with Crippen molar-refractivity contribution in [2.75, 3.05) is 17.1 Å². The van der Waals surface area contributed by atoms with E-state index in [2.05, 4.69) is 5.32 Å². The molecule has 0 saturated carbocycles. The molecule has 0 unspecified atom stereocenters. The average molecular weight is 549 g/mol. The van der Waals surface area contributed by atoms with E-state index in [1.165, 1.54) is 17.0 Å². The third-order valence-corrected chi connectivity index (χ3v) is 7.45. The van der Waals surface area contributed by atoms with Crippen molar-refractivity contribution in [3.05, 3.63) is 63.1 Å². The quantitative estimate of drug-likeness (QED) is 0.434. The van der Waals surface area contributed by atoms with E-state index in [-0.39, 0.29) is 39.2 Å². The zero-order chi connectivity index (χ0) is 25.6. The summed E-state index contributed by atoms with van der Waals surface area (Å²) in [4.78, 5) is 27.7. The summed E-state index contributed by atoms with van der Waals surface area (Å²) >= 11 is 18.3. The van der Waals surface area contributed by atoms with Crippen LogP contribution < -0.4 is 9.62 Å². The van der Waals surface area contributed by atoms with Crippen molar-refractivity contribution in [1.29, 1.82) is 0 Å². The monoisotopic (exact) mass is 547 g/mol. The molecule has 2 atom stereocenters. The number of nitrogens with one attached hydrogen (secondary N) is 1. The maximum absolute atomic E-state index is 13.5. The number of hydrogen-bond donors (Lipinski definition) is 1. The number of amides is 2. The SMILES string of the molecule is CC[C@@H](C)NC(=O)[C@@H](C)N(Cc1ccccc1)C(=O)CN(c1cc(Cl)c(Cl)cc1Cl)S(C)(=O)=O. The third kappa shape index (κ3) is 7.50. The molecule has 0 spiro atoms. The van der Waals surface area contributed by atoms with Crippen LogP contribution in [0.4, 0.5) is 5.69 Å². The molecular formula is C23H28Cl3N3O4S. The van der Waals surface area contributed by atoms with Crippen LogP contribution in [0.25, 0.3) is 0 Å². The smallest absolute Gasteiger partial charge is 0.244 e. The molecule has 7 nitrogen and oxygen atoms in total. The van der Waals surface area contributed by atoms with Crippen molar-refractivity contribution in [3.8, 4) is 0 Å². The van der Waals surface area contributed by atoms with Gasteiger partial charge in [-0.25, -0.2) is 8.42 Å². The number of sulfonamides is 1. The Morgan fingerprint density at radius 1 is 1.00 bits per heavy atom. The molecule has 0 saturated heterocycles. The molecule has 0 bridgehead atoms. The van der Waals surface area contributed by atoms with Gasteiger partial charge in [0.25, 0.3) is 0 Å². The number of carbonyl (C=O) groups is 2. The molecule has 2 aromatic rings. The lowest BCUT2D eigenvalue weighted by Gasteiger charge is -2.32. The Kier molecular flexibility index (Phi) is 10.1. The topological polar surface area (TPSA) is 86.8 Å². The molecule has 1 N–H and O–H groups in total. The van der Waals surface area contributed by atoms with Crippen LogP contribution in [0.15, 0.2) is 42.5 Å². The highest BCUT2D eigenvalue weighted by molar-refractivity contribution is 7.92. The zero-order valence-corrected chi connectivity index (χ0v) is 22.5. The van der Waals surface area contributed by atoms with Crippen LogP contribution in [0.3, 0.4) is 0 Å². The predicted octanol–water partition coefficient (Wildman–Crippen LogP) is 4.74. The lowest BCUT2D eigenvalue weighted by molar-refractivity contribution is -0.139. The number of nitrogens with zero attached hydrogens (tertiary/aromatic N) is 2. The predicted molar refractivity (Wildman–Crippen MR) is 138 cm³/mol. The molecule has 0 aliphatic heterocycles. The molecule has 0 heterocycles. The Bertz CT molecular complexity index is 1130. The van der Waals surface area contributed by atoms with Crippen LogP contribution in [0.1, 0.15) is 32.8 Å². The number of rotatable bonds is 10. The van der Waals surface area contributed by atoms with Gasteiger partial charge in [0.15, 0.2) is 0 Å². The first-order valence-electron chi connectivity index (χ1n) is 10.6. The van der Waals surface area contributed by atoms with Gasteiger partial charge in [0.2, 0.25) is 21.8 Å². The molecule has 0 aliphatic carbocycles. The average Bonchev–Trinajstić information content (AvgIpc) is 2.77. The van der Waals surface area contributed by atoms with Crippen LogP contribution in [0, 0.1) is 0 Å². The fourth-order valence-corrected chi connectivity index (χ4v) is 4.67. The maximum Gasteiger partial charge on any atom is 0.244 e. The number of hydrogen-bond acceptors (Lipinski definition) is 4. The standard InChI is InChI=1S/C23H28Cl3N3O4S/c1-5-15(2)27-23(31)16(3)28(13-17-9-7-6-8-10-17)22(30)14-29(34(4,32)33)21-12-19(25)18(24)11-20(21)26/h6-12,15-16H,5,13-14H2,1-4H3,(H,27,31)/t15-,16-/m1/s1. The summed E-state index contributed by atoms with van der Waals surface area (Å²) in [6.07, 6.45) is 1.68. The minimum absolute atomic E-state index is 0.0169. The summed E-state index contributed by atoms with van der Waals surface area (Å²) < 4.78 is 26.1. The van der Waals surface area contributed by atoms with E-state index in [4.69, 9.17) is 34.8 Å². The second-order valence-electron chi connectivity index (χ2n) is 7.99. The lowest BCUT2D eigenvalue weighted by Crippen LogP contribution is -2.52. The molecule has 186 valence electrons. The van der Waals surface area contributed by atoms with E-state index in [0.29, 0.717) is 0 Å². The number of benzene rings is 2. The Hall–Kier alpha value is -2.00. The zero-order valence-electron chi connectivity index (χ0n) is 19.4. The fraction of sp³-hybridized carbons (Fsp3) is 0.391. The normalized spacial score (nSPS) is 13.1. The molecule has 0 aliphatic rings. The van der Waals surface area contributed by atoms with Crippen LogP contribution in [0.5, 0.6) is 0 Å². The van der Waals surface area contributed by atoms with Crippen molar-refractivity contribution in [2.45, 2.75) is 45.8 Å². The second-order valence-corrected chi connectivity index (χ2v) is 11.1. The fourth-order valence-electron chi connectivity index (χ4n) is 3.13. The van der Waals surface area contributed by atoms with Crippen molar-refractivity contribution >= 4 is 62.3 Å². The van der Waals surface area contributed by atoms with Crippen molar-refractivity contribution in [2.24, 2.45) is 0 Å². The van der Waals surface area contributed by atoms with E-state index >= 15 is 0 Å². The molecule has 0 aromatic heterocycles. The minimum Gasteiger partial charge on any atom is -0.352 e. The summed E-state index contributed by atoms with van der Waals surface area (Å²) in [5.74, 6) is -0.916. The number of halogens is 3. The Labute approximate surface area is 216 Å². The second kappa shape index (κ2) is 12.1. The van der Waals surface area contributed by atoms with Gasteiger partial charge in [0.05, 0.1) is 27.0 Å². The largest absolute Gasteiger partial charge is 0.352 e. The van der Waals surface area contributed by atoms with Crippen molar-refractivity contribution in [3.63, 3.8) is 0 Å². The Morgan fingerprint density at radius 2 is 1.59 bits per heavy atom. The van der Waals surface area contributed by atoms with E-state index in [1.807, 2.05) is 44.2 Å². The highest BCUT2D eigenvalue weighted by Crippen LogP contribution is 2.35. The van der Waals surface area contributed by atoms with Gasteiger partial charge in [0, 0.05) is 12.6 Å². The third-order valence-electron chi connectivity index (χ3n) is 5.30. The molecule has 0 fully saturated rings. The highest BCUT2D eigenvalue weighted by Gasteiger charge is 2.31. The molecule has 2 amide bonds. The van der Waals surface area contributed by atoms with Crippen molar-refractivity contribution in [1.82, 2.24) is 10.2 Å². The highest BCUT2D eigenvalue weighted by atomic mass is 35.5. The van der Waals surface area contributed by atoms with Gasteiger partial charge in [-0.2, -0.15) is 0 Å². The van der Waals surface area contributed by atoms with E-state index in [0.717, 1.165) is 22.5 Å². The van der Waals surface area contributed by atoms with Crippen molar-refractivity contribution < 1.29 is 18.0 Å². The molecular weight excluding hydrogens is 521 g/mol. The number of carbonyl (C=O) groups excluding carboxylic acids is 2. The lowest BCUT2D eigenvalue weighted by atomic mass is 10.1. The summed E-state index contributed by atoms with van der Waals surface area (Å²) in [6.45, 7) is 4.94. The van der Waals surface area contributed by atoms with Gasteiger partial charge < -0.3 is 10.2 Å². The minimum atomic E-state index is -3.94. The van der Waals surface area contributed by atoms with Gasteiger partial charge in [0.1, 0.15) is 12.6 Å². The van der Waals surface area contributed by atoms with E-state index in [1.54, 1.807) is 6.92 Å². The maximum atomic E-state index is 13.5. The number of anilines is 1. The Balaban J connectivity index is 2.43. The summed E-state index contributed by atoms with van der Waals surface area (Å²) in [5.41, 5.74) is 0.806. The molecule has 0 radical (unpaired) electrons. The van der Waals surface area contributed by atoms with E-state index < -0.39 is 28.5 Å². The molecule has 2 rings (SSSR count).